The average Bonchev–Trinajstić information content (AvgIpc) is 2.51. The molecule has 4 heteroatoms. The summed E-state index contributed by atoms with van der Waals surface area (Å²) in [6.07, 6.45) is 0.879. The van der Waals surface area contributed by atoms with Crippen molar-refractivity contribution in [2.45, 2.75) is 19.9 Å². The van der Waals surface area contributed by atoms with Gasteiger partial charge in [-0.1, -0.05) is 52.3 Å². The van der Waals surface area contributed by atoms with E-state index in [0.717, 1.165) is 17.4 Å². The maximum absolute atomic E-state index is 12.0. The third-order valence-electron chi connectivity index (χ3n) is 3.86. The summed E-state index contributed by atoms with van der Waals surface area (Å²) in [4.78, 5) is 13.2. The molecule has 2 rings (SSSR count). The maximum atomic E-state index is 12.0. The first-order valence-electron chi connectivity index (χ1n) is 7.91. The van der Waals surface area contributed by atoms with Gasteiger partial charge < -0.3 is 10.2 Å². The molecule has 2 aromatic rings. The summed E-state index contributed by atoms with van der Waals surface area (Å²) in [6, 6.07) is 16.5. The van der Waals surface area contributed by atoms with Gasteiger partial charge in [-0.25, -0.2) is 0 Å². The van der Waals surface area contributed by atoms with E-state index in [1.54, 1.807) is 0 Å². The number of aryl methyl sites for hydroxylation is 1. The van der Waals surface area contributed by atoms with E-state index in [1.807, 2.05) is 31.3 Å². The largest absolute Gasteiger partial charge is 0.351 e. The fraction of sp³-hybridized carbons (Fsp3) is 0.316. The van der Waals surface area contributed by atoms with Gasteiger partial charge in [0.1, 0.15) is 6.54 Å². The van der Waals surface area contributed by atoms with Crippen LogP contribution in [-0.4, -0.2) is 26.0 Å². The number of quaternary nitrogens is 1. The highest BCUT2D eigenvalue weighted by Crippen LogP contribution is 2.09. The predicted octanol–water partition coefficient (Wildman–Crippen LogP) is 2.13. The summed E-state index contributed by atoms with van der Waals surface area (Å²) in [5.41, 5.74) is 3.81. The first-order chi connectivity index (χ1) is 11.0. The van der Waals surface area contributed by atoms with E-state index in [-0.39, 0.29) is 5.91 Å². The zero-order valence-electron chi connectivity index (χ0n) is 13.7. The summed E-state index contributed by atoms with van der Waals surface area (Å²) in [7, 11) is 2.04. The van der Waals surface area contributed by atoms with Gasteiger partial charge >= 0.3 is 0 Å². The highest BCUT2D eigenvalue weighted by atomic mass is 79.9. The minimum Gasteiger partial charge on any atom is -0.351 e. The third kappa shape index (κ3) is 6.16. The number of benzene rings is 2. The van der Waals surface area contributed by atoms with Crippen molar-refractivity contribution in [1.82, 2.24) is 5.32 Å². The van der Waals surface area contributed by atoms with Crippen LogP contribution in [0.1, 0.15) is 16.7 Å². The van der Waals surface area contributed by atoms with Crippen molar-refractivity contribution in [3.63, 3.8) is 0 Å². The molecule has 1 unspecified atom stereocenters. The number of amides is 1. The fourth-order valence-electron chi connectivity index (χ4n) is 2.58. The lowest BCUT2D eigenvalue weighted by Crippen LogP contribution is -3.08. The molecular formula is C19H24BrN2O+. The Morgan fingerprint density at radius 3 is 2.52 bits per heavy atom. The Balaban J connectivity index is 1.71. The van der Waals surface area contributed by atoms with Crippen molar-refractivity contribution in [3.05, 3.63) is 69.7 Å². The number of halogens is 1. The number of likely N-dealkylation sites (N-methyl/N-ethyl adjacent to an activating group) is 1. The Morgan fingerprint density at radius 2 is 1.83 bits per heavy atom. The second kappa shape index (κ2) is 8.85. The number of rotatable bonds is 7. The molecule has 2 N–H and O–H groups in total. The van der Waals surface area contributed by atoms with Gasteiger partial charge in [0, 0.05) is 16.6 Å². The molecular weight excluding hydrogens is 352 g/mol. The van der Waals surface area contributed by atoms with Gasteiger partial charge in [0.25, 0.3) is 5.91 Å². The average molecular weight is 376 g/mol. The van der Waals surface area contributed by atoms with Crippen molar-refractivity contribution < 1.29 is 9.69 Å². The van der Waals surface area contributed by atoms with E-state index in [1.165, 1.54) is 21.6 Å². The molecule has 0 heterocycles. The van der Waals surface area contributed by atoms with Crippen LogP contribution in [0.4, 0.5) is 0 Å². The van der Waals surface area contributed by atoms with E-state index in [2.05, 4.69) is 52.4 Å². The van der Waals surface area contributed by atoms with E-state index in [4.69, 9.17) is 0 Å². The molecule has 2 aromatic carbocycles. The summed E-state index contributed by atoms with van der Waals surface area (Å²) in [6.45, 7) is 4.13. The van der Waals surface area contributed by atoms with Crippen molar-refractivity contribution in [2.24, 2.45) is 0 Å². The lowest BCUT2D eigenvalue weighted by Gasteiger charge is -2.14. The monoisotopic (exact) mass is 375 g/mol. The highest BCUT2D eigenvalue weighted by molar-refractivity contribution is 9.10. The molecule has 1 atom stereocenters. The zero-order chi connectivity index (χ0) is 16.7. The Bertz CT molecular complexity index is 640. The first kappa shape index (κ1) is 17.7. The van der Waals surface area contributed by atoms with Crippen LogP contribution in [0.2, 0.25) is 0 Å². The lowest BCUT2D eigenvalue weighted by atomic mass is 10.1. The normalized spacial score (nSPS) is 12.0. The van der Waals surface area contributed by atoms with Crippen molar-refractivity contribution in [1.29, 1.82) is 0 Å². The van der Waals surface area contributed by atoms with Gasteiger partial charge in [-0.05, 0) is 36.6 Å². The second-order valence-electron chi connectivity index (χ2n) is 5.96. The van der Waals surface area contributed by atoms with Crippen LogP contribution in [0.5, 0.6) is 0 Å². The molecule has 122 valence electrons. The standard InChI is InChI=1S/C19H23BrN2O/c1-15-5-3-4-6-17(15)11-12-21-19(23)14-22(2)13-16-7-9-18(20)10-8-16/h3-10H,11-14H2,1-2H3,(H,21,23)/p+1. The second-order valence-corrected chi connectivity index (χ2v) is 6.88. The minimum atomic E-state index is 0.105. The van der Waals surface area contributed by atoms with Crippen molar-refractivity contribution in [3.8, 4) is 0 Å². The molecule has 0 aliphatic rings. The van der Waals surface area contributed by atoms with E-state index in [9.17, 15) is 4.79 Å². The molecule has 0 bridgehead atoms. The molecule has 0 saturated heterocycles. The van der Waals surface area contributed by atoms with Crippen molar-refractivity contribution in [2.75, 3.05) is 20.1 Å². The van der Waals surface area contributed by atoms with Gasteiger partial charge in [-0.2, -0.15) is 0 Å². The van der Waals surface area contributed by atoms with Crippen LogP contribution in [0.25, 0.3) is 0 Å². The SMILES string of the molecule is Cc1ccccc1CCNC(=O)C[NH+](C)Cc1ccc(Br)cc1. The topological polar surface area (TPSA) is 33.5 Å². The van der Waals surface area contributed by atoms with Gasteiger partial charge in [-0.15, -0.1) is 0 Å². The Hall–Kier alpha value is -1.65. The molecule has 0 spiro atoms. The van der Waals surface area contributed by atoms with Crippen LogP contribution in [-0.2, 0) is 17.8 Å². The molecule has 0 saturated carbocycles. The Kier molecular flexibility index (Phi) is 6.81. The Morgan fingerprint density at radius 1 is 1.13 bits per heavy atom. The van der Waals surface area contributed by atoms with E-state index in [0.29, 0.717) is 13.1 Å². The first-order valence-corrected chi connectivity index (χ1v) is 8.71. The van der Waals surface area contributed by atoms with Crippen LogP contribution in [0.15, 0.2) is 53.0 Å². The number of carbonyl (C=O) groups excluding carboxylic acids is 1. The minimum absolute atomic E-state index is 0.105. The molecule has 3 nitrogen and oxygen atoms in total. The highest BCUT2D eigenvalue weighted by Gasteiger charge is 2.10. The van der Waals surface area contributed by atoms with Gasteiger partial charge in [-0.3, -0.25) is 4.79 Å². The fourth-order valence-corrected chi connectivity index (χ4v) is 2.84. The van der Waals surface area contributed by atoms with Gasteiger partial charge in [0.05, 0.1) is 7.05 Å². The lowest BCUT2D eigenvalue weighted by molar-refractivity contribution is -0.885. The third-order valence-corrected chi connectivity index (χ3v) is 4.39. The molecule has 0 radical (unpaired) electrons. The van der Waals surface area contributed by atoms with Crippen LogP contribution >= 0.6 is 15.9 Å². The van der Waals surface area contributed by atoms with Crippen molar-refractivity contribution >= 4 is 21.8 Å². The smallest absolute Gasteiger partial charge is 0.275 e. The summed E-state index contributed by atoms with van der Waals surface area (Å²) >= 11 is 3.43. The quantitative estimate of drug-likeness (QED) is 0.763. The number of hydrogen-bond acceptors (Lipinski definition) is 1. The molecule has 0 fully saturated rings. The van der Waals surface area contributed by atoms with Crippen LogP contribution < -0.4 is 10.2 Å². The molecule has 0 aromatic heterocycles. The summed E-state index contributed by atoms with van der Waals surface area (Å²) in [5.74, 6) is 0.105. The number of nitrogens with one attached hydrogen (secondary N) is 2. The van der Waals surface area contributed by atoms with Crippen LogP contribution in [0.3, 0.4) is 0 Å². The molecule has 1 amide bonds. The van der Waals surface area contributed by atoms with E-state index < -0.39 is 0 Å². The number of hydrogen-bond donors (Lipinski definition) is 2. The van der Waals surface area contributed by atoms with Gasteiger partial charge in [0.15, 0.2) is 6.54 Å². The predicted molar refractivity (Wildman–Crippen MR) is 97.5 cm³/mol. The van der Waals surface area contributed by atoms with Crippen LogP contribution in [0, 0.1) is 6.92 Å². The number of carbonyl (C=O) groups is 1. The Labute approximate surface area is 146 Å². The van der Waals surface area contributed by atoms with E-state index >= 15 is 0 Å². The molecule has 0 aliphatic heterocycles. The molecule has 0 aliphatic carbocycles. The van der Waals surface area contributed by atoms with Gasteiger partial charge in [0.2, 0.25) is 0 Å². The summed E-state index contributed by atoms with van der Waals surface area (Å²) < 4.78 is 1.08. The zero-order valence-corrected chi connectivity index (χ0v) is 15.3. The summed E-state index contributed by atoms with van der Waals surface area (Å²) in [5, 5.41) is 3.02. The molecule has 23 heavy (non-hydrogen) atoms. The maximum Gasteiger partial charge on any atom is 0.275 e.